The molecule has 0 aromatic heterocycles. The molecule has 0 unspecified atom stereocenters. The van der Waals surface area contributed by atoms with Crippen molar-refractivity contribution in [2.24, 2.45) is 0 Å². The van der Waals surface area contributed by atoms with Gasteiger partial charge in [0, 0.05) is 38.4 Å². The number of ketones is 1. The molecule has 7 nitrogen and oxygen atoms in total. The number of hydrogen-bond donors (Lipinski definition) is 1. The van der Waals surface area contributed by atoms with Crippen molar-refractivity contribution < 1.29 is 24.2 Å². The summed E-state index contributed by atoms with van der Waals surface area (Å²) < 4.78 is 10.8. The number of nitrogens with zero attached hydrogens (tertiary/aromatic N) is 2. The number of anilines is 1. The van der Waals surface area contributed by atoms with Gasteiger partial charge >= 0.3 is 5.97 Å². The van der Waals surface area contributed by atoms with Crippen molar-refractivity contribution in [3.63, 3.8) is 0 Å². The van der Waals surface area contributed by atoms with Gasteiger partial charge in [-0.25, -0.2) is 4.79 Å². The molecule has 1 N–H and O–H groups in total. The number of piperazine rings is 1. The molecule has 2 aliphatic rings. The molecule has 184 valence electrons. The maximum absolute atomic E-state index is 13.2. The highest BCUT2D eigenvalue weighted by molar-refractivity contribution is 6.15. The van der Waals surface area contributed by atoms with E-state index in [1.54, 1.807) is 43.3 Å². The summed E-state index contributed by atoms with van der Waals surface area (Å²) in [5.74, 6) is 0.123. The summed E-state index contributed by atoms with van der Waals surface area (Å²) in [6.45, 7) is 5.72. The van der Waals surface area contributed by atoms with Gasteiger partial charge in [0.1, 0.15) is 11.5 Å². The van der Waals surface area contributed by atoms with Crippen LogP contribution in [0.25, 0.3) is 6.08 Å². The Hall–Kier alpha value is -4.10. The predicted molar refractivity (Wildman–Crippen MR) is 137 cm³/mol. The number of carbonyl (C=O) groups excluding carboxylic acids is 2. The van der Waals surface area contributed by atoms with Crippen LogP contribution < -0.4 is 9.64 Å². The summed E-state index contributed by atoms with van der Waals surface area (Å²) in [6.07, 6.45) is 1.66. The third-order valence-corrected chi connectivity index (χ3v) is 6.73. The van der Waals surface area contributed by atoms with Gasteiger partial charge in [0.2, 0.25) is 5.78 Å². The third-order valence-electron chi connectivity index (χ3n) is 6.73. The van der Waals surface area contributed by atoms with Crippen LogP contribution in [-0.2, 0) is 11.3 Å². The van der Waals surface area contributed by atoms with Crippen LogP contribution in [0, 0.1) is 6.92 Å². The van der Waals surface area contributed by atoms with Crippen LogP contribution in [0.15, 0.2) is 66.4 Å². The number of allylic oxidation sites excluding steroid dienone is 1. The zero-order chi connectivity index (χ0) is 25.2. The van der Waals surface area contributed by atoms with Crippen molar-refractivity contribution in [2.75, 3.05) is 38.2 Å². The monoisotopic (exact) mass is 484 g/mol. The van der Waals surface area contributed by atoms with Gasteiger partial charge in [-0.15, -0.1) is 0 Å². The molecule has 36 heavy (non-hydrogen) atoms. The highest BCUT2D eigenvalue weighted by Crippen LogP contribution is 2.42. The number of ether oxygens (including phenoxy) is 2. The van der Waals surface area contributed by atoms with Crippen molar-refractivity contribution in [2.45, 2.75) is 13.5 Å². The normalized spacial score (nSPS) is 16.7. The Labute approximate surface area is 210 Å². The van der Waals surface area contributed by atoms with Crippen LogP contribution in [0.3, 0.4) is 0 Å². The van der Waals surface area contributed by atoms with Gasteiger partial charge in [-0.3, -0.25) is 9.69 Å². The largest absolute Gasteiger partial charge is 0.507 e. The molecule has 3 aromatic rings. The number of carbonyl (C=O) groups is 2. The standard InChI is InChI=1S/C29H28N2O5/c1-19-16-24(32)23(18-30-12-14-31(15-13-30)22-6-4-3-5-7-22)28-26(19)27(33)25(36-28)17-20-8-10-21(11-9-20)29(34)35-2/h3-11,16-17,32H,12-15,18H2,1-2H3/b25-17+. The maximum Gasteiger partial charge on any atom is 0.337 e. The highest BCUT2D eigenvalue weighted by Gasteiger charge is 2.34. The molecular formula is C29H28N2O5. The Morgan fingerprint density at radius 2 is 1.75 bits per heavy atom. The lowest BCUT2D eigenvalue weighted by atomic mass is 9.99. The van der Waals surface area contributed by atoms with Crippen molar-refractivity contribution in [3.8, 4) is 11.5 Å². The van der Waals surface area contributed by atoms with Crippen molar-refractivity contribution >= 4 is 23.5 Å². The molecule has 0 radical (unpaired) electrons. The van der Waals surface area contributed by atoms with Crippen LogP contribution in [0.5, 0.6) is 11.5 Å². The first-order chi connectivity index (χ1) is 17.4. The Balaban J connectivity index is 1.35. The lowest BCUT2D eigenvalue weighted by Crippen LogP contribution is -2.46. The van der Waals surface area contributed by atoms with Gasteiger partial charge in [-0.2, -0.15) is 0 Å². The summed E-state index contributed by atoms with van der Waals surface area (Å²) in [5, 5.41) is 10.8. The summed E-state index contributed by atoms with van der Waals surface area (Å²) in [7, 11) is 1.33. The van der Waals surface area contributed by atoms with Crippen molar-refractivity contribution in [1.29, 1.82) is 0 Å². The average molecular weight is 485 g/mol. The zero-order valence-electron chi connectivity index (χ0n) is 20.4. The Morgan fingerprint density at radius 1 is 1.06 bits per heavy atom. The van der Waals surface area contributed by atoms with Gasteiger partial charge in [0.15, 0.2) is 5.76 Å². The molecule has 1 saturated heterocycles. The first-order valence-corrected chi connectivity index (χ1v) is 11.9. The average Bonchev–Trinajstić information content (AvgIpc) is 3.23. The maximum atomic E-state index is 13.2. The van der Waals surface area contributed by atoms with E-state index in [0.717, 1.165) is 31.7 Å². The van der Waals surface area contributed by atoms with Gasteiger partial charge < -0.3 is 19.5 Å². The van der Waals surface area contributed by atoms with E-state index in [1.165, 1.54) is 12.8 Å². The van der Waals surface area contributed by atoms with E-state index in [1.807, 2.05) is 18.2 Å². The zero-order valence-corrected chi connectivity index (χ0v) is 20.4. The molecule has 0 spiro atoms. The first-order valence-electron chi connectivity index (χ1n) is 11.9. The predicted octanol–water partition coefficient (Wildman–Crippen LogP) is 4.43. The number of aryl methyl sites for hydroxylation is 1. The SMILES string of the molecule is COC(=O)c1ccc(/C=C2/Oc3c(CN4CCN(c5ccccc5)CC4)c(O)cc(C)c3C2=O)cc1. The van der Waals surface area contributed by atoms with Gasteiger partial charge in [0.05, 0.1) is 23.8 Å². The Morgan fingerprint density at radius 3 is 2.42 bits per heavy atom. The number of aromatic hydroxyl groups is 1. The van der Waals surface area contributed by atoms with Crippen LogP contribution in [0.4, 0.5) is 5.69 Å². The van der Waals surface area contributed by atoms with E-state index in [2.05, 4.69) is 21.9 Å². The molecule has 0 aliphatic carbocycles. The molecule has 5 rings (SSSR count). The molecule has 0 atom stereocenters. The number of Topliss-reactive ketones (excluding diaryl/α,β-unsaturated/α-hetero) is 1. The molecule has 3 aromatic carbocycles. The second-order valence-electron chi connectivity index (χ2n) is 9.05. The van der Waals surface area contributed by atoms with E-state index in [9.17, 15) is 14.7 Å². The van der Waals surface area contributed by atoms with Crippen LogP contribution in [0.2, 0.25) is 0 Å². The highest BCUT2D eigenvalue weighted by atomic mass is 16.5. The smallest absolute Gasteiger partial charge is 0.337 e. The molecular weight excluding hydrogens is 456 g/mol. The number of methoxy groups -OCH3 is 1. The molecule has 7 heteroatoms. The fraction of sp³-hybridized carbons (Fsp3) is 0.241. The van der Waals surface area contributed by atoms with Crippen LogP contribution >= 0.6 is 0 Å². The second kappa shape index (κ2) is 9.87. The van der Waals surface area contributed by atoms with E-state index in [-0.39, 0.29) is 17.3 Å². The number of phenolic OH excluding ortho intramolecular Hbond substituents is 1. The lowest BCUT2D eigenvalue weighted by Gasteiger charge is -2.36. The lowest BCUT2D eigenvalue weighted by molar-refractivity contribution is 0.0600. The van der Waals surface area contributed by atoms with Gasteiger partial charge in [-0.1, -0.05) is 30.3 Å². The molecule has 2 heterocycles. The van der Waals surface area contributed by atoms with E-state index in [4.69, 9.17) is 9.47 Å². The number of phenols is 1. The number of rotatable bonds is 5. The summed E-state index contributed by atoms with van der Waals surface area (Å²) in [6, 6.07) is 18.7. The van der Waals surface area contributed by atoms with E-state index in [0.29, 0.717) is 34.5 Å². The fourth-order valence-corrected chi connectivity index (χ4v) is 4.74. The first kappa shape index (κ1) is 23.6. The molecule has 0 amide bonds. The number of benzene rings is 3. The topological polar surface area (TPSA) is 79.3 Å². The van der Waals surface area contributed by atoms with Gasteiger partial charge in [-0.05, 0) is 54.5 Å². The summed E-state index contributed by atoms with van der Waals surface area (Å²) in [5.41, 5.74) is 4.15. The molecule has 0 saturated carbocycles. The quantitative estimate of drug-likeness (QED) is 0.424. The number of hydrogen-bond acceptors (Lipinski definition) is 7. The van der Waals surface area contributed by atoms with Crippen LogP contribution in [0.1, 0.15) is 37.4 Å². The number of fused-ring (bicyclic) bond motifs is 1. The van der Waals surface area contributed by atoms with Crippen molar-refractivity contribution in [3.05, 3.63) is 94.2 Å². The minimum absolute atomic E-state index is 0.133. The number of esters is 1. The van der Waals surface area contributed by atoms with E-state index < -0.39 is 5.97 Å². The Bertz CT molecular complexity index is 1320. The molecule has 1 fully saturated rings. The minimum atomic E-state index is -0.421. The van der Waals surface area contributed by atoms with E-state index >= 15 is 0 Å². The molecule has 0 bridgehead atoms. The van der Waals surface area contributed by atoms with Gasteiger partial charge in [0.25, 0.3) is 0 Å². The summed E-state index contributed by atoms with van der Waals surface area (Å²) in [4.78, 5) is 29.5. The fourth-order valence-electron chi connectivity index (χ4n) is 4.74. The third kappa shape index (κ3) is 4.57. The van der Waals surface area contributed by atoms with Crippen LogP contribution in [-0.4, -0.2) is 55.0 Å². The van der Waals surface area contributed by atoms with Crippen molar-refractivity contribution in [1.82, 2.24) is 4.90 Å². The summed E-state index contributed by atoms with van der Waals surface area (Å²) >= 11 is 0. The molecule has 2 aliphatic heterocycles. The second-order valence-corrected chi connectivity index (χ2v) is 9.05. The number of para-hydroxylation sites is 1. The Kier molecular flexibility index (Phi) is 6.48. The minimum Gasteiger partial charge on any atom is -0.507 e.